The zero-order valence-corrected chi connectivity index (χ0v) is 12.5. The molecule has 1 N–H and O–H groups in total. The second-order valence-electron chi connectivity index (χ2n) is 4.41. The van der Waals surface area contributed by atoms with Gasteiger partial charge in [0.2, 0.25) is 0 Å². The fourth-order valence-corrected chi connectivity index (χ4v) is 1.96. The molecule has 1 aromatic heterocycles. The van der Waals surface area contributed by atoms with E-state index in [9.17, 15) is 13.2 Å². The molecule has 3 nitrogen and oxygen atoms in total. The highest BCUT2D eigenvalue weighted by Crippen LogP contribution is 2.35. The summed E-state index contributed by atoms with van der Waals surface area (Å²) in [7, 11) is 0. The molecule has 1 heterocycles. The summed E-state index contributed by atoms with van der Waals surface area (Å²) in [6, 6.07) is 3.02. The monoisotopic (exact) mass is 335 g/mol. The standard InChI is InChI=1S/C13H10Cl2F3N3/c1-6-7(2)12(21-20-11(6)15)19-10-5-8(13(16,17)18)3-4-9(10)14/h3-5H,1-2H3,(H,19,21). The van der Waals surface area contributed by atoms with Crippen molar-refractivity contribution >= 4 is 34.7 Å². The van der Waals surface area contributed by atoms with Crippen molar-refractivity contribution in [2.24, 2.45) is 0 Å². The molecule has 8 heteroatoms. The Bertz CT molecular complexity index is 687. The van der Waals surface area contributed by atoms with E-state index in [0.29, 0.717) is 16.9 Å². The summed E-state index contributed by atoms with van der Waals surface area (Å²) in [5.41, 5.74) is 0.678. The minimum absolute atomic E-state index is 0.102. The van der Waals surface area contributed by atoms with Crippen LogP contribution >= 0.6 is 23.2 Å². The smallest absolute Gasteiger partial charge is 0.337 e. The highest BCUT2D eigenvalue weighted by molar-refractivity contribution is 6.33. The number of anilines is 2. The van der Waals surface area contributed by atoms with Gasteiger partial charge in [0.1, 0.15) is 0 Å². The number of rotatable bonds is 2. The van der Waals surface area contributed by atoms with Crippen LogP contribution in [0.1, 0.15) is 16.7 Å². The number of hydrogen-bond acceptors (Lipinski definition) is 3. The highest BCUT2D eigenvalue weighted by atomic mass is 35.5. The molecular formula is C13H10Cl2F3N3. The minimum atomic E-state index is -4.45. The van der Waals surface area contributed by atoms with Gasteiger partial charge in [-0.2, -0.15) is 13.2 Å². The van der Waals surface area contributed by atoms with Gasteiger partial charge in [0.25, 0.3) is 0 Å². The molecule has 0 aliphatic rings. The number of hydrogen-bond donors (Lipinski definition) is 1. The molecule has 21 heavy (non-hydrogen) atoms. The fraction of sp³-hybridized carbons (Fsp3) is 0.231. The van der Waals surface area contributed by atoms with Gasteiger partial charge in [-0.25, -0.2) is 0 Å². The lowest BCUT2D eigenvalue weighted by molar-refractivity contribution is -0.137. The lowest BCUT2D eigenvalue weighted by atomic mass is 10.1. The van der Waals surface area contributed by atoms with Crippen molar-refractivity contribution in [3.8, 4) is 0 Å². The highest BCUT2D eigenvalue weighted by Gasteiger charge is 2.31. The molecule has 1 aromatic carbocycles. The van der Waals surface area contributed by atoms with Crippen LogP contribution in [-0.4, -0.2) is 10.2 Å². The Labute approximate surface area is 129 Å². The summed E-state index contributed by atoms with van der Waals surface area (Å²) in [6.07, 6.45) is -4.45. The molecule has 2 aromatic rings. The van der Waals surface area contributed by atoms with E-state index >= 15 is 0 Å². The van der Waals surface area contributed by atoms with Gasteiger partial charge >= 0.3 is 6.18 Å². The quantitative estimate of drug-likeness (QED) is 0.823. The van der Waals surface area contributed by atoms with Gasteiger partial charge in [-0.05, 0) is 43.2 Å². The van der Waals surface area contributed by atoms with Crippen LogP contribution in [0, 0.1) is 13.8 Å². The first-order chi connectivity index (χ1) is 9.70. The van der Waals surface area contributed by atoms with E-state index in [1.54, 1.807) is 13.8 Å². The van der Waals surface area contributed by atoms with E-state index in [2.05, 4.69) is 15.5 Å². The zero-order chi connectivity index (χ0) is 15.8. The first-order valence-corrected chi connectivity index (χ1v) is 6.59. The largest absolute Gasteiger partial charge is 0.416 e. The van der Waals surface area contributed by atoms with Gasteiger partial charge in [0.05, 0.1) is 16.3 Å². The summed E-state index contributed by atoms with van der Waals surface area (Å²) in [4.78, 5) is 0. The molecule has 0 amide bonds. The maximum atomic E-state index is 12.7. The van der Waals surface area contributed by atoms with E-state index in [-0.39, 0.29) is 15.9 Å². The van der Waals surface area contributed by atoms with Crippen LogP contribution in [0.15, 0.2) is 18.2 Å². The third kappa shape index (κ3) is 3.39. The Morgan fingerprint density at radius 2 is 1.71 bits per heavy atom. The third-order valence-electron chi connectivity index (χ3n) is 3.01. The van der Waals surface area contributed by atoms with Crippen LogP contribution in [-0.2, 0) is 6.18 Å². The van der Waals surface area contributed by atoms with Crippen molar-refractivity contribution in [2.45, 2.75) is 20.0 Å². The van der Waals surface area contributed by atoms with Crippen molar-refractivity contribution in [2.75, 3.05) is 5.32 Å². The topological polar surface area (TPSA) is 37.8 Å². The van der Waals surface area contributed by atoms with Crippen molar-refractivity contribution in [1.29, 1.82) is 0 Å². The van der Waals surface area contributed by atoms with Crippen molar-refractivity contribution in [3.05, 3.63) is 45.1 Å². The molecule has 112 valence electrons. The summed E-state index contributed by atoms with van der Waals surface area (Å²) in [5, 5.41) is 10.7. The third-order valence-corrected chi connectivity index (χ3v) is 3.70. The molecule has 0 aliphatic carbocycles. The van der Waals surface area contributed by atoms with Gasteiger partial charge in [0.15, 0.2) is 11.0 Å². The van der Waals surface area contributed by atoms with Gasteiger partial charge < -0.3 is 5.32 Å². The molecule has 0 unspecified atom stereocenters. The van der Waals surface area contributed by atoms with Crippen LogP contribution < -0.4 is 5.32 Å². The van der Waals surface area contributed by atoms with Crippen molar-refractivity contribution < 1.29 is 13.2 Å². The van der Waals surface area contributed by atoms with E-state index in [1.165, 1.54) is 6.07 Å². The van der Waals surface area contributed by atoms with Gasteiger partial charge in [-0.3, -0.25) is 0 Å². The van der Waals surface area contributed by atoms with Crippen LogP contribution in [0.5, 0.6) is 0 Å². The van der Waals surface area contributed by atoms with E-state index < -0.39 is 11.7 Å². The van der Waals surface area contributed by atoms with Crippen LogP contribution in [0.2, 0.25) is 10.2 Å². The summed E-state index contributed by atoms with van der Waals surface area (Å²) < 4.78 is 38.2. The minimum Gasteiger partial charge on any atom is -0.337 e. The number of nitrogens with one attached hydrogen (secondary N) is 1. The van der Waals surface area contributed by atoms with Crippen molar-refractivity contribution in [1.82, 2.24) is 10.2 Å². The van der Waals surface area contributed by atoms with Crippen LogP contribution in [0.25, 0.3) is 0 Å². The zero-order valence-electron chi connectivity index (χ0n) is 11.0. The average Bonchev–Trinajstić information content (AvgIpc) is 2.40. The first-order valence-electron chi connectivity index (χ1n) is 5.83. The molecule has 2 rings (SSSR count). The molecule has 0 bridgehead atoms. The Balaban J connectivity index is 2.42. The molecule has 0 fully saturated rings. The second kappa shape index (κ2) is 5.69. The fourth-order valence-electron chi connectivity index (χ4n) is 1.62. The molecule has 0 saturated heterocycles. The van der Waals surface area contributed by atoms with Crippen molar-refractivity contribution in [3.63, 3.8) is 0 Å². The van der Waals surface area contributed by atoms with Crippen LogP contribution in [0.3, 0.4) is 0 Å². The summed E-state index contributed by atoms with van der Waals surface area (Å²) in [6.45, 7) is 3.48. The van der Waals surface area contributed by atoms with Gasteiger partial charge in [-0.1, -0.05) is 23.2 Å². The Hall–Kier alpha value is -1.53. The second-order valence-corrected chi connectivity index (χ2v) is 5.17. The number of aromatic nitrogens is 2. The van der Waals surface area contributed by atoms with Gasteiger partial charge in [0, 0.05) is 0 Å². The normalized spacial score (nSPS) is 11.6. The lowest BCUT2D eigenvalue weighted by Crippen LogP contribution is -2.07. The lowest BCUT2D eigenvalue weighted by Gasteiger charge is -2.14. The number of benzene rings is 1. The maximum absolute atomic E-state index is 12.7. The summed E-state index contributed by atoms with van der Waals surface area (Å²) in [5.74, 6) is 0.304. The number of nitrogens with zero attached hydrogens (tertiary/aromatic N) is 2. The first kappa shape index (κ1) is 15.9. The molecule has 0 atom stereocenters. The predicted molar refractivity (Wildman–Crippen MR) is 76.3 cm³/mol. The summed E-state index contributed by atoms with van der Waals surface area (Å²) >= 11 is 11.7. The molecule has 0 spiro atoms. The molecular weight excluding hydrogens is 326 g/mol. The maximum Gasteiger partial charge on any atom is 0.416 e. The van der Waals surface area contributed by atoms with E-state index in [0.717, 1.165) is 12.1 Å². The van der Waals surface area contributed by atoms with E-state index in [4.69, 9.17) is 23.2 Å². The van der Waals surface area contributed by atoms with Gasteiger partial charge in [-0.15, -0.1) is 10.2 Å². The SMILES string of the molecule is Cc1c(Cl)nnc(Nc2cc(C(F)(F)F)ccc2Cl)c1C. The van der Waals surface area contributed by atoms with E-state index in [1.807, 2.05) is 0 Å². The predicted octanol–water partition coefficient (Wildman–Crippen LogP) is 5.16. The van der Waals surface area contributed by atoms with Crippen LogP contribution in [0.4, 0.5) is 24.7 Å². The Kier molecular flexibility index (Phi) is 4.30. The Morgan fingerprint density at radius 3 is 2.33 bits per heavy atom. The molecule has 0 radical (unpaired) electrons. The molecule has 0 aliphatic heterocycles. The average molecular weight is 336 g/mol. The Morgan fingerprint density at radius 1 is 1.05 bits per heavy atom. The molecule has 0 saturated carbocycles. The number of alkyl halides is 3. The number of halogens is 5.